The Hall–Kier alpha value is -1.95. The fourth-order valence-corrected chi connectivity index (χ4v) is 2.73. The molecule has 3 rings (SSSR count). The number of benzene rings is 1. The van der Waals surface area contributed by atoms with Gasteiger partial charge in [0.2, 0.25) is 5.91 Å². The van der Waals surface area contributed by atoms with E-state index >= 15 is 0 Å². The van der Waals surface area contributed by atoms with E-state index in [1.54, 1.807) is 0 Å². The van der Waals surface area contributed by atoms with E-state index in [1.807, 2.05) is 12.1 Å². The summed E-state index contributed by atoms with van der Waals surface area (Å²) < 4.78 is 11.1. The summed E-state index contributed by atoms with van der Waals surface area (Å²) in [6, 6.07) is 3.74. The third kappa shape index (κ3) is 2.51. The number of carbonyl (C=O) groups excluding carboxylic acids is 1. The fraction of sp³-hybridized carbons (Fsp3) is 0.500. The highest BCUT2D eigenvalue weighted by Gasteiger charge is 2.27. The molecule has 6 heteroatoms. The molecule has 0 aromatic heterocycles. The summed E-state index contributed by atoms with van der Waals surface area (Å²) >= 11 is 0. The Morgan fingerprint density at radius 1 is 1.30 bits per heavy atom. The van der Waals surface area contributed by atoms with Crippen molar-refractivity contribution in [3.05, 3.63) is 17.7 Å². The molecule has 20 heavy (non-hydrogen) atoms. The number of hydrogen-bond acceptors (Lipinski definition) is 5. The highest BCUT2D eigenvalue weighted by Crippen LogP contribution is 2.35. The van der Waals surface area contributed by atoms with Gasteiger partial charge in [-0.15, -0.1) is 0 Å². The predicted molar refractivity (Wildman–Crippen MR) is 74.4 cm³/mol. The zero-order valence-corrected chi connectivity index (χ0v) is 11.3. The number of nitrogen functional groups attached to an aromatic ring is 1. The smallest absolute Gasteiger partial charge is 0.221 e. The molecule has 0 radical (unpaired) electrons. The van der Waals surface area contributed by atoms with Gasteiger partial charge in [0.05, 0.1) is 5.92 Å². The number of ether oxygens (including phenoxy) is 2. The summed E-state index contributed by atoms with van der Waals surface area (Å²) in [4.78, 5) is 13.4. The average Bonchev–Trinajstić information content (AvgIpc) is 2.88. The van der Waals surface area contributed by atoms with E-state index < -0.39 is 0 Å². The third-order valence-corrected chi connectivity index (χ3v) is 3.87. The van der Waals surface area contributed by atoms with Crippen LogP contribution in [0.25, 0.3) is 0 Å². The summed E-state index contributed by atoms with van der Waals surface area (Å²) in [6.07, 6.45) is 0.819. The number of nitrogens with zero attached hydrogens (tertiary/aromatic N) is 1. The van der Waals surface area contributed by atoms with Crippen molar-refractivity contribution in [2.75, 3.05) is 32.0 Å². The van der Waals surface area contributed by atoms with Crippen molar-refractivity contribution in [1.82, 2.24) is 4.90 Å². The Labute approximate surface area is 117 Å². The van der Waals surface area contributed by atoms with Gasteiger partial charge in [-0.1, -0.05) is 0 Å². The number of nitrogens with two attached hydrogens (primary N) is 2. The summed E-state index contributed by atoms with van der Waals surface area (Å²) in [5.41, 5.74) is 13.1. The van der Waals surface area contributed by atoms with Crippen LogP contribution < -0.4 is 20.9 Å². The van der Waals surface area contributed by atoms with E-state index in [4.69, 9.17) is 20.9 Å². The molecule has 2 heterocycles. The zero-order chi connectivity index (χ0) is 14.1. The Morgan fingerprint density at radius 3 is 2.65 bits per heavy atom. The van der Waals surface area contributed by atoms with Gasteiger partial charge >= 0.3 is 0 Å². The number of carbonyl (C=O) groups is 1. The van der Waals surface area contributed by atoms with E-state index in [-0.39, 0.29) is 11.8 Å². The van der Waals surface area contributed by atoms with Crippen molar-refractivity contribution in [1.29, 1.82) is 0 Å². The van der Waals surface area contributed by atoms with Crippen LogP contribution in [-0.2, 0) is 11.3 Å². The minimum Gasteiger partial charge on any atom is -0.486 e. The molecule has 1 saturated heterocycles. The van der Waals surface area contributed by atoms with Crippen LogP contribution in [0.5, 0.6) is 11.5 Å². The number of fused-ring (bicyclic) bond motifs is 1. The van der Waals surface area contributed by atoms with Crippen molar-refractivity contribution in [3.8, 4) is 11.5 Å². The molecule has 0 aliphatic carbocycles. The van der Waals surface area contributed by atoms with Gasteiger partial charge in [0, 0.05) is 24.8 Å². The minimum atomic E-state index is -0.220. The van der Waals surface area contributed by atoms with Gasteiger partial charge < -0.3 is 20.9 Å². The molecule has 1 aromatic carbocycles. The topological polar surface area (TPSA) is 90.8 Å². The van der Waals surface area contributed by atoms with Gasteiger partial charge in [0.1, 0.15) is 13.2 Å². The van der Waals surface area contributed by atoms with Gasteiger partial charge in [-0.25, -0.2) is 0 Å². The summed E-state index contributed by atoms with van der Waals surface area (Å²) in [7, 11) is 0. The van der Waals surface area contributed by atoms with E-state index in [0.29, 0.717) is 37.7 Å². The van der Waals surface area contributed by atoms with Crippen LogP contribution in [0.4, 0.5) is 5.69 Å². The first kappa shape index (κ1) is 13.1. The van der Waals surface area contributed by atoms with Gasteiger partial charge in [-0.05, 0) is 24.6 Å². The lowest BCUT2D eigenvalue weighted by Gasteiger charge is -2.22. The second-order valence-corrected chi connectivity index (χ2v) is 5.32. The first-order chi connectivity index (χ1) is 9.63. The first-order valence-electron chi connectivity index (χ1n) is 6.83. The van der Waals surface area contributed by atoms with Crippen LogP contribution in [0.15, 0.2) is 12.1 Å². The van der Waals surface area contributed by atoms with Crippen molar-refractivity contribution in [2.24, 2.45) is 11.7 Å². The minimum absolute atomic E-state index is 0.0477. The number of anilines is 1. The molecule has 1 atom stereocenters. The number of primary amides is 1. The standard InChI is InChI=1S/C14H19N3O3/c15-11-6-13-12(19-3-4-20-13)5-10(11)8-17-2-1-9(7-17)14(16)18/h5-6,9H,1-4,7-8,15H2,(H2,16,18). The maximum Gasteiger partial charge on any atom is 0.221 e. The van der Waals surface area contributed by atoms with Gasteiger partial charge in [-0.2, -0.15) is 0 Å². The van der Waals surface area contributed by atoms with Crippen LogP contribution in [-0.4, -0.2) is 37.1 Å². The van der Waals surface area contributed by atoms with Crippen molar-refractivity contribution >= 4 is 11.6 Å². The highest BCUT2D eigenvalue weighted by molar-refractivity contribution is 5.77. The molecule has 2 aliphatic rings. The fourth-order valence-electron chi connectivity index (χ4n) is 2.73. The monoisotopic (exact) mass is 277 g/mol. The molecule has 0 spiro atoms. The lowest BCUT2D eigenvalue weighted by molar-refractivity contribution is -0.121. The number of likely N-dealkylation sites (tertiary alicyclic amines) is 1. The van der Waals surface area contributed by atoms with E-state index in [0.717, 1.165) is 24.3 Å². The van der Waals surface area contributed by atoms with Crippen LogP contribution >= 0.6 is 0 Å². The molecule has 4 N–H and O–H groups in total. The molecular weight excluding hydrogens is 258 g/mol. The molecule has 6 nitrogen and oxygen atoms in total. The highest BCUT2D eigenvalue weighted by atomic mass is 16.6. The third-order valence-electron chi connectivity index (χ3n) is 3.87. The molecular formula is C14H19N3O3. The quantitative estimate of drug-likeness (QED) is 0.778. The largest absolute Gasteiger partial charge is 0.486 e. The van der Waals surface area contributed by atoms with Crippen molar-refractivity contribution in [3.63, 3.8) is 0 Å². The lowest BCUT2D eigenvalue weighted by Crippen LogP contribution is -2.27. The van der Waals surface area contributed by atoms with Gasteiger partial charge in [0.15, 0.2) is 11.5 Å². The molecule has 1 amide bonds. The molecule has 108 valence electrons. The van der Waals surface area contributed by atoms with Crippen LogP contribution in [0.3, 0.4) is 0 Å². The van der Waals surface area contributed by atoms with E-state index in [9.17, 15) is 4.79 Å². The molecule has 1 fully saturated rings. The second-order valence-electron chi connectivity index (χ2n) is 5.32. The maximum atomic E-state index is 11.2. The predicted octanol–water partition coefficient (Wildman–Crippen LogP) is 0.347. The first-order valence-corrected chi connectivity index (χ1v) is 6.83. The molecule has 0 saturated carbocycles. The van der Waals surface area contributed by atoms with Gasteiger partial charge in [-0.3, -0.25) is 9.69 Å². The Kier molecular flexibility index (Phi) is 3.40. The van der Waals surface area contributed by atoms with Gasteiger partial charge in [0.25, 0.3) is 0 Å². The van der Waals surface area contributed by atoms with Crippen molar-refractivity contribution < 1.29 is 14.3 Å². The Morgan fingerprint density at radius 2 is 2.00 bits per heavy atom. The molecule has 0 bridgehead atoms. The normalized spacial score (nSPS) is 21.9. The molecule has 1 unspecified atom stereocenters. The van der Waals surface area contributed by atoms with Crippen molar-refractivity contribution in [2.45, 2.75) is 13.0 Å². The van der Waals surface area contributed by atoms with E-state index in [2.05, 4.69) is 4.90 Å². The second kappa shape index (κ2) is 5.20. The number of rotatable bonds is 3. The SMILES string of the molecule is NC(=O)C1CCN(Cc2cc3c(cc2N)OCCO3)C1. The zero-order valence-electron chi connectivity index (χ0n) is 11.3. The van der Waals surface area contributed by atoms with E-state index in [1.165, 1.54) is 0 Å². The maximum absolute atomic E-state index is 11.2. The number of hydrogen-bond donors (Lipinski definition) is 2. The van der Waals surface area contributed by atoms with Crippen LogP contribution in [0.1, 0.15) is 12.0 Å². The lowest BCUT2D eigenvalue weighted by atomic mass is 10.1. The summed E-state index contributed by atoms with van der Waals surface area (Å²) in [5, 5.41) is 0. The Balaban J connectivity index is 1.73. The average molecular weight is 277 g/mol. The molecule has 1 aromatic rings. The van der Waals surface area contributed by atoms with Crippen LogP contribution in [0.2, 0.25) is 0 Å². The summed E-state index contributed by atoms with van der Waals surface area (Å²) in [6.45, 7) is 3.37. The number of amides is 1. The van der Waals surface area contributed by atoms with Crippen LogP contribution in [0, 0.1) is 5.92 Å². The molecule has 2 aliphatic heterocycles. The Bertz CT molecular complexity index is 533. The summed E-state index contributed by atoms with van der Waals surface area (Å²) in [5.74, 6) is 1.18.